The summed E-state index contributed by atoms with van der Waals surface area (Å²) in [5.41, 5.74) is 8.53. The van der Waals surface area contributed by atoms with Crippen LogP contribution in [0.25, 0.3) is 22.3 Å². The average molecular weight is 609 g/mol. The van der Waals surface area contributed by atoms with Crippen LogP contribution < -0.4 is 9.47 Å². The number of aryl methyl sites for hydroxylation is 1. The van der Waals surface area contributed by atoms with Crippen LogP contribution in [0.15, 0.2) is 41.3 Å². The molecule has 43 heavy (non-hydrogen) atoms. The SMILES string of the molecule is COc1c2cc(C(C)(C)C)cc1-c1cc(C)cc(c1S(C)=O)-c1cc(C(C)(C)C)cc(c1OC)COCCOCCOC2. The van der Waals surface area contributed by atoms with Crippen molar-refractivity contribution in [2.45, 2.75) is 77.4 Å². The summed E-state index contributed by atoms with van der Waals surface area (Å²) in [4.78, 5) is 0.743. The van der Waals surface area contributed by atoms with Gasteiger partial charge in [0.2, 0.25) is 0 Å². The molecule has 0 radical (unpaired) electrons. The molecule has 1 aliphatic heterocycles. The minimum absolute atomic E-state index is 0.132. The van der Waals surface area contributed by atoms with Gasteiger partial charge in [-0.1, -0.05) is 53.7 Å². The minimum Gasteiger partial charge on any atom is -0.496 e. The lowest BCUT2D eigenvalue weighted by Crippen LogP contribution is -2.15. The molecule has 0 saturated heterocycles. The predicted octanol–water partition coefficient (Wildman–Crippen LogP) is 7.74. The van der Waals surface area contributed by atoms with Crippen molar-refractivity contribution >= 4 is 10.8 Å². The Morgan fingerprint density at radius 1 is 0.628 bits per heavy atom. The van der Waals surface area contributed by atoms with Crippen molar-refractivity contribution in [3.8, 4) is 33.8 Å². The van der Waals surface area contributed by atoms with Crippen molar-refractivity contribution < 1.29 is 27.9 Å². The first-order valence-electron chi connectivity index (χ1n) is 14.9. The van der Waals surface area contributed by atoms with E-state index in [1.54, 1.807) is 20.5 Å². The first-order chi connectivity index (χ1) is 20.3. The maximum absolute atomic E-state index is 13.8. The van der Waals surface area contributed by atoms with Crippen molar-refractivity contribution in [1.29, 1.82) is 0 Å². The maximum atomic E-state index is 13.8. The molecule has 1 aliphatic rings. The van der Waals surface area contributed by atoms with E-state index in [0.717, 1.165) is 66.5 Å². The molecule has 1 heterocycles. The molecule has 0 amide bonds. The van der Waals surface area contributed by atoms with E-state index in [1.807, 2.05) is 0 Å². The van der Waals surface area contributed by atoms with Crippen molar-refractivity contribution in [3.63, 3.8) is 0 Å². The molecule has 4 rings (SSSR count). The topological polar surface area (TPSA) is 63.2 Å². The van der Waals surface area contributed by atoms with Gasteiger partial charge in [-0.3, -0.25) is 4.21 Å². The standard InChI is InChI=1S/C36H48O6S/c1-23-15-30-28-19-26(35(2,3)4)17-24(32(28)38-8)21-41-13-11-40-12-14-42-22-25-18-27(36(5,6)7)20-29(33(25)39-9)31(16-23)34(30)43(10)37/h15-20H,11-14,21-22H2,1-10H3. The van der Waals surface area contributed by atoms with Gasteiger partial charge in [0.1, 0.15) is 11.5 Å². The number of fused-ring (bicyclic) bond motifs is 8. The summed E-state index contributed by atoms with van der Waals surface area (Å²) in [6.45, 7) is 17.8. The summed E-state index contributed by atoms with van der Waals surface area (Å²) in [5, 5.41) is 0. The quantitative estimate of drug-likeness (QED) is 0.303. The molecule has 0 fully saturated rings. The Kier molecular flexibility index (Phi) is 10.4. The van der Waals surface area contributed by atoms with Gasteiger partial charge in [0.05, 0.1) is 69.6 Å². The third-order valence-corrected chi connectivity index (χ3v) is 8.85. The number of benzene rings is 3. The fourth-order valence-corrected chi connectivity index (χ4v) is 6.48. The fourth-order valence-electron chi connectivity index (χ4n) is 5.53. The highest BCUT2D eigenvalue weighted by molar-refractivity contribution is 7.84. The van der Waals surface area contributed by atoms with Crippen molar-refractivity contribution in [3.05, 3.63) is 64.2 Å². The first kappa shape index (κ1) is 33.2. The lowest BCUT2D eigenvalue weighted by atomic mass is 9.82. The molecule has 3 aromatic rings. The van der Waals surface area contributed by atoms with E-state index in [1.165, 1.54) is 0 Å². The Labute approximate surface area is 260 Å². The number of methoxy groups -OCH3 is 2. The molecule has 1 atom stereocenters. The molecular weight excluding hydrogens is 560 g/mol. The van der Waals surface area contributed by atoms with Crippen molar-refractivity contribution in [2.75, 3.05) is 46.9 Å². The van der Waals surface area contributed by atoms with Gasteiger partial charge in [-0.2, -0.15) is 0 Å². The molecule has 7 heteroatoms. The number of ether oxygens (including phenoxy) is 5. The zero-order valence-corrected chi connectivity index (χ0v) is 28.4. The van der Waals surface area contributed by atoms with Gasteiger partial charge in [0.15, 0.2) is 0 Å². The van der Waals surface area contributed by atoms with Gasteiger partial charge in [0, 0.05) is 39.6 Å². The van der Waals surface area contributed by atoms with Crippen molar-refractivity contribution in [2.24, 2.45) is 0 Å². The van der Waals surface area contributed by atoms with Crippen molar-refractivity contribution in [1.82, 2.24) is 0 Å². The van der Waals surface area contributed by atoms with Gasteiger partial charge < -0.3 is 23.7 Å². The summed E-state index contributed by atoms with van der Waals surface area (Å²) in [5.74, 6) is 1.45. The van der Waals surface area contributed by atoms with Gasteiger partial charge in [-0.25, -0.2) is 0 Å². The summed E-state index contributed by atoms with van der Waals surface area (Å²) in [6.07, 6.45) is 1.75. The monoisotopic (exact) mass is 608 g/mol. The van der Waals surface area contributed by atoms with Gasteiger partial charge in [-0.05, 0) is 58.7 Å². The maximum Gasteiger partial charge on any atom is 0.132 e. The number of hydrogen-bond donors (Lipinski definition) is 0. The third-order valence-electron chi connectivity index (χ3n) is 7.83. The second-order valence-electron chi connectivity index (χ2n) is 13.3. The lowest BCUT2D eigenvalue weighted by molar-refractivity contribution is 0.00651. The third kappa shape index (κ3) is 7.51. The zero-order chi connectivity index (χ0) is 31.5. The summed E-state index contributed by atoms with van der Waals surface area (Å²) in [7, 11) is 2.04. The number of hydrogen-bond acceptors (Lipinski definition) is 6. The van der Waals surface area contributed by atoms with Crippen LogP contribution >= 0.6 is 0 Å². The van der Waals surface area contributed by atoms with Crippen LogP contribution in [0.5, 0.6) is 11.5 Å². The highest BCUT2D eigenvalue weighted by Gasteiger charge is 2.27. The molecule has 6 bridgehead atoms. The zero-order valence-electron chi connectivity index (χ0n) is 27.6. The lowest BCUT2D eigenvalue weighted by Gasteiger charge is -2.27. The summed E-state index contributed by atoms with van der Waals surface area (Å²) < 4.78 is 44.0. The molecule has 0 saturated carbocycles. The normalized spacial score (nSPS) is 15.8. The largest absolute Gasteiger partial charge is 0.496 e. The molecule has 6 nitrogen and oxygen atoms in total. The van der Waals surface area contributed by atoms with Crippen LogP contribution in [0.4, 0.5) is 0 Å². The van der Waals surface area contributed by atoms with E-state index in [-0.39, 0.29) is 10.8 Å². The fraction of sp³-hybridized carbons (Fsp3) is 0.500. The van der Waals surface area contributed by atoms with E-state index in [9.17, 15) is 4.21 Å². The van der Waals surface area contributed by atoms with Gasteiger partial charge in [0.25, 0.3) is 0 Å². The minimum atomic E-state index is -1.34. The smallest absolute Gasteiger partial charge is 0.132 e. The Morgan fingerprint density at radius 3 is 1.37 bits per heavy atom. The molecule has 0 aromatic heterocycles. The summed E-state index contributed by atoms with van der Waals surface area (Å²) >= 11 is 0. The van der Waals surface area contributed by atoms with Gasteiger partial charge in [-0.15, -0.1) is 0 Å². The van der Waals surface area contributed by atoms with Crippen LogP contribution in [0, 0.1) is 6.92 Å². The van der Waals surface area contributed by atoms with E-state index >= 15 is 0 Å². The molecule has 1 unspecified atom stereocenters. The van der Waals surface area contributed by atoms with E-state index < -0.39 is 10.8 Å². The Bertz CT molecular complexity index is 1380. The second kappa shape index (κ2) is 13.5. The Morgan fingerprint density at radius 2 is 1.02 bits per heavy atom. The van der Waals surface area contributed by atoms with E-state index in [2.05, 4.69) is 84.9 Å². The Balaban J connectivity index is 2.15. The summed E-state index contributed by atoms with van der Waals surface area (Å²) in [6, 6.07) is 12.9. The number of rotatable bonds is 3. The van der Waals surface area contributed by atoms with Crippen LogP contribution in [0.2, 0.25) is 0 Å². The second-order valence-corrected chi connectivity index (χ2v) is 14.6. The predicted molar refractivity (Wildman–Crippen MR) is 175 cm³/mol. The van der Waals surface area contributed by atoms with Gasteiger partial charge >= 0.3 is 0 Å². The van der Waals surface area contributed by atoms with Crippen LogP contribution in [-0.2, 0) is 49.1 Å². The Hall–Kier alpha value is -2.71. The highest BCUT2D eigenvalue weighted by Crippen LogP contribution is 2.46. The van der Waals surface area contributed by atoms with E-state index in [4.69, 9.17) is 23.7 Å². The first-order valence-corrected chi connectivity index (χ1v) is 16.5. The molecule has 3 aromatic carbocycles. The van der Waals surface area contributed by atoms with E-state index in [0.29, 0.717) is 39.6 Å². The van der Waals surface area contributed by atoms with Crippen LogP contribution in [0.3, 0.4) is 0 Å². The average Bonchev–Trinajstić information content (AvgIpc) is 2.93. The molecule has 0 spiro atoms. The molecule has 234 valence electrons. The molecule has 0 aliphatic carbocycles. The highest BCUT2D eigenvalue weighted by atomic mass is 32.2. The van der Waals surface area contributed by atoms with Crippen LogP contribution in [0.1, 0.15) is 69.4 Å². The van der Waals surface area contributed by atoms with Crippen LogP contribution in [-0.4, -0.2) is 51.1 Å². The molecular formula is C36H48O6S. The molecule has 0 N–H and O–H groups in total.